The summed E-state index contributed by atoms with van der Waals surface area (Å²) in [6.45, 7) is 6.58. The molecule has 0 amide bonds. The van der Waals surface area contributed by atoms with E-state index in [1.807, 2.05) is 42.9 Å². The van der Waals surface area contributed by atoms with Crippen molar-refractivity contribution in [2.24, 2.45) is 0 Å². The van der Waals surface area contributed by atoms with E-state index in [1.54, 1.807) is 10.7 Å². The molecule has 0 aliphatic heterocycles. The van der Waals surface area contributed by atoms with Crippen molar-refractivity contribution in [2.45, 2.75) is 40.0 Å². The van der Waals surface area contributed by atoms with E-state index in [1.165, 1.54) is 17.2 Å². The summed E-state index contributed by atoms with van der Waals surface area (Å²) in [5.74, 6) is 0.600. The van der Waals surface area contributed by atoms with Crippen LogP contribution in [0.15, 0.2) is 60.8 Å². The fourth-order valence-corrected chi connectivity index (χ4v) is 4.00. The van der Waals surface area contributed by atoms with Crippen molar-refractivity contribution in [1.82, 2.24) is 19.6 Å². The second-order valence-corrected chi connectivity index (χ2v) is 8.71. The van der Waals surface area contributed by atoms with Crippen molar-refractivity contribution in [3.05, 3.63) is 94.4 Å². The van der Waals surface area contributed by atoms with E-state index in [9.17, 15) is 13.2 Å². The normalized spacial score (nSPS) is 11.5. The minimum atomic E-state index is -4.39. The van der Waals surface area contributed by atoms with Gasteiger partial charge in [-0.25, -0.2) is 0 Å². The molecule has 10 heteroatoms. The van der Waals surface area contributed by atoms with Crippen LogP contribution in [-0.4, -0.2) is 24.7 Å². The van der Waals surface area contributed by atoms with Gasteiger partial charge in [0, 0.05) is 12.3 Å². The zero-order chi connectivity index (χ0) is 25.2. The van der Waals surface area contributed by atoms with Crippen molar-refractivity contribution >= 4 is 28.8 Å². The highest BCUT2D eigenvalue weighted by molar-refractivity contribution is 7.80. The van der Waals surface area contributed by atoms with Crippen LogP contribution in [0.25, 0.3) is 0 Å². The topological polar surface area (TPSA) is 59.7 Å². The number of thiocarbonyl (C=S) groups is 1. The molecule has 0 aliphatic carbocycles. The summed E-state index contributed by atoms with van der Waals surface area (Å²) in [6.07, 6.45) is -2.51. The fourth-order valence-electron chi connectivity index (χ4n) is 3.79. The van der Waals surface area contributed by atoms with E-state index in [-0.39, 0.29) is 6.54 Å². The third-order valence-electron chi connectivity index (χ3n) is 5.68. The van der Waals surface area contributed by atoms with Gasteiger partial charge in [0.2, 0.25) is 0 Å². The van der Waals surface area contributed by atoms with Crippen molar-refractivity contribution < 1.29 is 13.2 Å². The summed E-state index contributed by atoms with van der Waals surface area (Å²) in [6, 6.07) is 15.2. The molecular formula is C25H25F3N6S. The number of alkyl halides is 3. The average molecular weight is 499 g/mol. The van der Waals surface area contributed by atoms with Gasteiger partial charge in [-0.1, -0.05) is 36.4 Å². The lowest BCUT2D eigenvalue weighted by atomic mass is 10.1. The molecule has 0 unspecified atom stereocenters. The lowest BCUT2D eigenvalue weighted by Crippen LogP contribution is -2.20. The molecule has 182 valence electrons. The Morgan fingerprint density at radius 3 is 2.46 bits per heavy atom. The number of anilines is 2. The van der Waals surface area contributed by atoms with E-state index < -0.39 is 11.7 Å². The van der Waals surface area contributed by atoms with Crippen LogP contribution in [0, 0.1) is 20.8 Å². The Balaban J connectivity index is 1.42. The molecule has 0 fully saturated rings. The molecule has 0 spiro atoms. The van der Waals surface area contributed by atoms with Crippen LogP contribution >= 0.6 is 12.2 Å². The third-order valence-corrected chi connectivity index (χ3v) is 5.89. The first-order chi connectivity index (χ1) is 16.6. The van der Waals surface area contributed by atoms with Crippen LogP contribution in [-0.2, 0) is 19.3 Å². The van der Waals surface area contributed by atoms with Gasteiger partial charge >= 0.3 is 6.18 Å². The lowest BCUT2D eigenvalue weighted by molar-refractivity contribution is -0.137. The molecule has 2 N–H and O–H groups in total. The molecule has 35 heavy (non-hydrogen) atoms. The first kappa shape index (κ1) is 24.5. The Hall–Kier alpha value is -3.66. The largest absolute Gasteiger partial charge is 0.416 e. The first-order valence-corrected chi connectivity index (χ1v) is 11.4. The second-order valence-electron chi connectivity index (χ2n) is 8.31. The van der Waals surface area contributed by atoms with Gasteiger partial charge in [-0.15, -0.1) is 0 Å². The zero-order valence-corrected chi connectivity index (χ0v) is 20.3. The van der Waals surface area contributed by atoms with Crippen LogP contribution in [0.3, 0.4) is 0 Å². The summed E-state index contributed by atoms with van der Waals surface area (Å²) >= 11 is 5.46. The molecule has 2 heterocycles. The standard InChI is InChI=1S/C25H25F3N6S/c1-16-7-4-5-9-20(16)15-33-12-11-22(32-33)29-24(35)30-23-17(2)31-34(18(23)3)14-19-8-6-10-21(13-19)25(26,27)28/h4-13H,14-15H2,1-3H3,(H2,29,30,32,35). The van der Waals surface area contributed by atoms with Crippen molar-refractivity contribution in [3.8, 4) is 0 Å². The maximum Gasteiger partial charge on any atom is 0.416 e. The molecule has 4 rings (SSSR count). The van der Waals surface area contributed by atoms with E-state index in [0.717, 1.165) is 17.8 Å². The number of benzene rings is 2. The molecule has 0 saturated carbocycles. The summed E-state index contributed by atoms with van der Waals surface area (Å²) < 4.78 is 42.6. The SMILES string of the molecule is Cc1ccccc1Cn1ccc(NC(=S)Nc2c(C)nn(Cc3cccc(C(F)(F)F)c3)c2C)n1. The minimum Gasteiger partial charge on any atom is -0.329 e. The maximum atomic E-state index is 13.0. The maximum absolute atomic E-state index is 13.0. The Morgan fingerprint density at radius 1 is 0.943 bits per heavy atom. The highest BCUT2D eigenvalue weighted by Crippen LogP contribution is 2.30. The Morgan fingerprint density at radius 2 is 1.71 bits per heavy atom. The van der Waals surface area contributed by atoms with E-state index >= 15 is 0 Å². The quantitative estimate of drug-likeness (QED) is 0.323. The van der Waals surface area contributed by atoms with Crippen molar-refractivity contribution in [1.29, 1.82) is 0 Å². The minimum absolute atomic E-state index is 0.210. The van der Waals surface area contributed by atoms with Gasteiger partial charge < -0.3 is 10.6 Å². The number of hydrogen-bond donors (Lipinski definition) is 2. The predicted octanol–water partition coefficient (Wildman–Crippen LogP) is 5.93. The number of nitrogens with one attached hydrogen (secondary N) is 2. The summed E-state index contributed by atoms with van der Waals surface area (Å²) in [4.78, 5) is 0. The molecule has 2 aromatic carbocycles. The van der Waals surface area contributed by atoms with Crippen molar-refractivity contribution in [3.63, 3.8) is 0 Å². The summed E-state index contributed by atoms with van der Waals surface area (Å²) in [5, 5.41) is 15.6. The third kappa shape index (κ3) is 5.89. The van der Waals surface area contributed by atoms with E-state index in [2.05, 4.69) is 39.9 Å². The smallest absolute Gasteiger partial charge is 0.329 e. The van der Waals surface area contributed by atoms with Gasteiger partial charge in [-0.3, -0.25) is 9.36 Å². The number of halogens is 3. The van der Waals surface area contributed by atoms with E-state index in [4.69, 9.17) is 12.2 Å². The molecule has 0 saturated heterocycles. The molecule has 2 aromatic heterocycles. The number of aryl methyl sites for hydroxylation is 2. The van der Waals surface area contributed by atoms with Gasteiger partial charge in [0.1, 0.15) is 0 Å². The number of nitrogens with zero attached hydrogens (tertiary/aromatic N) is 4. The monoisotopic (exact) mass is 498 g/mol. The molecule has 4 aromatic rings. The predicted molar refractivity (Wildman–Crippen MR) is 135 cm³/mol. The molecule has 0 bridgehead atoms. The number of hydrogen-bond acceptors (Lipinski definition) is 3. The van der Waals surface area contributed by atoms with Crippen LogP contribution < -0.4 is 10.6 Å². The first-order valence-electron chi connectivity index (χ1n) is 11.0. The molecular weight excluding hydrogens is 473 g/mol. The molecule has 0 radical (unpaired) electrons. The summed E-state index contributed by atoms with van der Waals surface area (Å²) in [5.41, 5.74) is 4.36. The molecule has 0 aliphatic rings. The highest BCUT2D eigenvalue weighted by atomic mass is 32.1. The lowest BCUT2D eigenvalue weighted by Gasteiger charge is -2.11. The van der Waals surface area contributed by atoms with Crippen LogP contribution in [0.5, 0.6) is 0 Å². The zero-order valence-electron chi connectivity index (χ0n) is 19.5. The molecule has 0 atom stereocenters. The van der Waals surface area contributed by atoms with Gasteiger partial charge in [0.25, 0.3) is 0 Å². The fraction of sp³-hybridized carbons (Fsp3) is 0.240. The molecule has 6 nitrogen and oxygen atoms in total. The summed E-state index contributed by atoms with van der Waals surface area (Å²) in [7, 11) is 0. The Kier molecular flexibility index (Phi) is 6.93. The Labute approximate surface area is 206 Å². The second kappa shape index (κ2) is 9.91. The van der Waals surface area contributed by atoms with Crippen molar-refractivity contribution in [2.75, 3.05) is 10.6 Å². The van der Waals surface area contributed by atoms with Crippen LogP contribution in [0.2, 0.25) is 0 Å². The van der Waals surface area contributed by atoms with E-state index in [0.29, 0.717) is 34.4 Å². The van der Waals surface area contributed by atoms with Gasteiger partial charge in [0.15, 0.2) is 10.9 Å². The number of rotatable bonds is 6. The van der Waals surface area contributed by atoms with Crippen LogP contribution in [0.4, 0.5) is 24.7 Å². The Bertz CT molecular complexity index is 1360. The average Bonchev–Trinajstić information content (AvgIpc) is 3.34. The van der Waals surface area contributed by atoms with Gasteiger partial charge in [-0.05, 0) is 61.8 Å². The van der Waals surface area contributed by atoms with Gasteiger partial charge in [0.05, 0.1) is 35.7 Å². The number of aromatic nitrogens is 4. The highest BCUT2D eigenvalue weighted by Gasteiger charge is 2.30. The van der Waals surface area contributed by atoms with Gasteiger partial charge in [-0.2, -0.15) is 23.4 Å². The van der Waals surface area contributed by atoms with Crippen LogP contribution in [0.1, 0.15) is 33.6 Å².